The summed E-state index contributed by atoms with van der Waals surface area (Å²) in [7, 11) is 0. The van der Waals surface area contributed by atoms with E-state index in [-0.39, 0.29) is 24.2 Å². The van der Waals surface area contributed by atoms with E-state index < -0.39 is 5.60 Å². The van der Waals surface area contributed by atoms with Crippen LogP contribution in [-0.4, -0.2) is 90.2 Å². The van der Waals surface area contributed by atoms with Gasteiger partial charge in [-0.05, 0) is 76.0 Å². The Morgan fingerprint density at radius 3 is 2.50 bits per heavy atom. The molecule has 250 valence electrons. The third-order valence-corrected chi connectivity index (χ3v) is 9.50. The van der Waals surface area contributed by atoms with E-state index in [1.807, 2.05) is 27.7 Å². The Morgan fingerprint density at radius 2 is 1.85 bits per heavy atom. The summed E-state index contributed by atoms with van der Waals surface area (Å²) in [6.45, 7) is 22.8. The molecule has 46 heavy (non-hydrogen) atoms. The van der Waals surface area contributed by atoms with Crippen molar-refractivity contribution >= 4 is 11.8 Å². The van der Waals surface area contributed by atoms with Gasteiger partial charge in [-0.25, -0.2) is 4.79 Å². The summed E-state index contributed by atoms with van der Waals surface area (Å²) in [4.78, 5) is 19.6. The van der Waals surface area contributed by atoms with Crippen LogP contribution < -0.4 is 0 Å². The number of carbonyl (C=O) groups excluding carboxylic acids is 1. The van der Waals surface area contributed by atoms with Crippen LogP contribution in [0.1, 0.15) is 64.5 Å². The highest BCUT2D eigenvalue weighted by molar-refractivity contribution is 5.84. The molecule has 2 heterocycles. The van der Waals surface area contributed by atoms with Crippen LogP contribution in [0.25, 0.3) is 0 Å². The van der Waals surface area contributed by atoms with Gasteiger partial charge in [0, 0.05) is 56.6 Å². The molecule has 2 aliphatic carbocycles. The Labute approximate surface area is 276 Å². The highest BCUT2D eigenvalue weighted by Crippen LogP contribution is 2.41. The first-order valence-corrected chi connectivity index (χ1v) is 17.0. The number of fused-ring (bicyclic) bond motifs is 1. The Balaban J connectivity index is 1.16. The maximum Gasteiger partial charge on any atom is 0.410 e. The molecule has 2 aliphatic heterocycles. The lowest BCUT2D eigenvalue weighted by molar-refractivity contribution is 0.0129. The number of carbonyl (C=O) groups is 1. The lowest BCUT2D eigenvalue weighted by Crippen LogP contribution is -2.44. The molecule has 1 aromatic rings. The molecule has 1 saturated carbocycles. The number of amides is 1. The molecule has 8 heteroatoms. The molecule has 1 aromatic carbocycles. The van der Waals surface area contributed by atoms with Crippen LogP contribution in [0, 0.1) is 17.2 Å². The van der Waals surface area contributed by atoms with Gasteiger partial charge in [0.2, 0.25) is 0 Å². The Bertz CT molecular complexity index is 1320. The number of benzene rings is 1. The lowest BCUT2D eigenvalue weighted by atomic mass is 9.91. The molecule has 1 amide bonds. The minimum Gasteiger partial charge on any atom is -0.444 e. The number of hydrogen-bond donors (Lipinski definition) is 1. The van der Waals surface area contributed by atoms with E-state index in [2.05, 4.69) is 65.5 Å². The summed E-state index contributed by atoms with van der Waals surface area (Å²) < 4.78 is 17.7. The van der Waals surface area contributed by atoms with Crippen LogP contribution in [0.3, 0.4) is 0 Å². The van der Waals surface area contributed by atoms with E-state index in [0.717, 1.165) is 69.1 Å². The van der Waals surface area contributed by atoms with E-state index in [9.17, 15) is 4.79 Å². The Morgan fingerprint density at radius 1 is 1.15 bits per heavy atom. The molecule has 0 spiro atoms. The summed E-state index contributed by atoms with van der Waals surface area (Å²) in [6.07, 6.45) is 10.5. The standard InChI is InChI=1S/C38H54N4O4/c1-27(32-15-16-32)10-17-35(28(2)39)42-25-34-33(29(42)3)8-7-9-36(34)45-26-31-13-11-30(12-14-31)24-41(37(43)46-38(4,5)6)19-18-40-20-22-44-23-21-40/h7-9,11-14,32,34-36,39H,1,3,10,15-26H2,2,4-6H3/t34?,35?,36-/m0/s1. The zero-order valence-electron chi connectivity index (χ0n) is 28.4. The van der Waals surface area contributed by atoms with Gasteiger partial charge in [-0.2, -0.15) is 0 Å². The predicted molar refractivity (Wildman–Crippen MR) is 184 cm³/mol. The highest BCUT2D eigenvalue weighted by Gasteiger charge is 2.40. The lowest BCUT2D eigenvalue weighted by Gasteiger charge is -2.31. The molecule has 8 nitrogen and oxygen atoms in total. The van der Waals surface area contributed by atoms with Gasteiger partial charge in [-0.15, -0.1) is 0 Å². The maximum absolute atomic E-state index is 13.1. The number of allylic oxidation sites excluding steroid dienone is 4. The summed E-state index contributed by atoms with van der Waals surface area (Å²) in [5.41, 5.74) is 5.85. The van der Waals surface area contributed by atoms with E-state index in [1.165, 1.54) is 24.0 Å². The molecule has 4 aliphatic rings. The fourth-order valence-corrected chi connectivity index (χ4v) is 6.62. The third-order valence-electron chi connectivity index (χ3n) is 9.50. The number of morpholine rings is 1. The number of likely N-dealkylation sites (tertiary alicyclic amines) is 1. The van der Waals surface area contributed by atoms with E-state index in [1.54, 1.807) is 4.90 Å². The largest absolute Gasteiger partial charge is 0.444 e. The molecule has 0 bridgehead atoms. The van der Waals surface area contributed by atoms with Crippen LogP contribution in [0.4, 0.5) is 4.79 Å². The van der Waals surface area contributed by atoms with Gasteiger partial charge in [-0.3, -0.25) is 4.90 Å². The summed E-state index contributed by atoms with van der Waals surface area (Å²) in [5, 5.41) is 8.56. The van der Waals surface area contributed by atoms with Crippen molar-refractivity contribution in [2.45, 2.75) is 84.3 Å². The first-order valence-electron chi connectivity index (χ1n) is 17.0. The number of nitrogens with zero attached hydrogens (tertiary/aromatic N) is 3. The van der Waals surface area contributed by atoms with E-state index >= 15 is 0 Å². The van der Waals surface area contributed by atoms with Gasteiger partial charge in [0.25, 0.3) is 0 Å². The Kier molecular flexibility index (Phi) is 11.2. The monoisotopic (exact) mass is 630 g/mol. The molecule has 3 fully saturated rings. The molecule has 1 N–H and O–H groups in total. The average molecular weight is 631 g/mol. The maximum atomic E-state index is 13.1. The molecular weight excluding hydrogens is 576 g/mol. The normalized spacial score (nSPS) is 22.3. The van der Waals surface area contributed by atoms with Crippen molar-refractivity contribution in [1.82, 2.24) is 14.7 Å². The highest BCUT2D eigenvalue weighted by atomic mass is 16.6. The van der Waals surface area contributed by atoms with Crippen molar-refractivity contribution < 1.29 is 19.0 Å². The fraction of sp³-hybridized carbons (Fsp3) is 0.579. The molecule has 2 unspecified atom stereocenters. The number of nitrogens with one attached hydrogen (secondary N) is 1. The van der Waals surface area contributed by atoms with Crippen molar-refractivity contribution in [3.8, 4) is 0 Å². The van der Waals surface area contributed by atoms with Crippen LogP contribution in [0.2, 0.25) is 0 Å². The van der Waals surface area contributed by atoms with Gasteiger partial charge in [-0.1, -0.05) is 61.2 Å². The molecule has 5 rings (SSSR count). The predicted octanol–water partition coefficient (Wildman–Crippen LogP) is 6.74. The number of ether oxygens (including phenoxy) is 3. The van der Waals surface area contributed by atoms with Crippen LogP contribution in [0.5, 0.6) is 0 Å². The Hall–Kier alpha value is -3.20. The van der Waals surface area contributed by atoms with Crippen molar-refractivity contribution in [3.63, 3.8) is 0 Å². The zero-order valence-corrected chi connectivity index (χ0v) is 28.4. The second kappa shape index (κ2) is 15.1. The van der Waals surface area contributed by atoms with Crippen molar-refractivity contribution in [1.29, 1.82) is 5.41 Å². The minimum absolute atomic E-state index is 0.0387. The minimum atomic E-state index is -0.550. The van der Waals surface area contributed by atoms with Gasteiger partial charge in [0.1, 0.15) is 5.60 Å². The molecule has 3 atom stereocenters. The second-order valence-corrected chi connectivity index (χ2v) is 14.3. The summed E-state index contributed by atoms with van der Waals surface area (Å²) in [6, 6.07) is 8.39. The average Bonchev–Trinajstić information content (AvgIpc) is 3.82. The topological polar surface area (TPSA) is 78.3 Å². The summed E-state index contributed by atoms with van der Waals surface area (Å²) in [5.74, 6) is 0.887. The van der Waals surface area contributed by atoms with Crippen molar-refractivity contribution in [2.24, 2.45) is 11.8 Å². The molecular formula is C38H54N4O4. The van der Waals surface area contributed by atoms with Gasteiger partial charge in [0.15, 0.2) is 0 Å². The number of hydrogen-bond acceptors (Lipinski definition) is 7. The second-order valence-electron chi connectivity index (χ2n) is 14.3. The van der Waals surface area contributed by atoms with Crippen molar-refractivity contribution in [2.75, 3.05) is 45.9 Å². The van der Waals surface area contributed by atoms with Gasteiger partial charge < -0.3 is 29.4 Å². The van der Waals surface area contributed by atoms with E-state index in [0.29, 0.717) is 31.3 Å². The SMILES string of the molecule is C=C(CCC(C(C)=N)N1CC2C(=CC=C[C@@H]2OCc2ccc(CN(CCN3CCOCC3)C(=O)OC(C)(C)C)cc2)C1=C)C1CC1. The third kappa shape index (κ3) is 9.20. The first-order chi connectivity index (χ1) is 22.0. The first kappa shape index (κ1) is 34.1. The number of rotatable bonds is 14. The zero-order chi connectivity index (χ0) is 32.8. The smallest absolute Gasteiger partial charge is 0.410 e. The van der Waals surface area contributed by atoms with E-state index in [4.69, 9.17) is 19.6 Å². The van der Waals surface area contributed by atoms with Crippen molar-refractivity contribution in [3.05, 3.63) is 83.6 Å². The van der Waals surface area contributed by atoms with Gasteiger partial charge >= 0.3 is 6.09 Å². The van der Waals surface area contributed by atoms with Crippen LogP contribution >= 0.6 is 0 Å². The molecule has 0 aromatic heterocycles. The quantitative estimate of drug-likeness (QED) is 0.181. The molecule has 0 radical (unpaired) electrons. The van der Waals surface area contributed by atoms with Crippen LogP contribution in [-0.2, 0) is 27.4 Å². The van der Waals surface area contributed by atoms with Crippen LogP contribution in [0.15, 0.2) is 72.5 Å². The van der Waals surface area contributed by atoms with Gasteiger partial charge in [0.05, 0.1) is 32.0 Å². The molecule has 2 saturated heterocycles. The summed E-state index contributed by atoms with van der Waals surface area (Å²) >= 11 is 0. The fourth-order valence-electron chi connectivity index (χ4n) is 6.62.